The van der Waals surface area contributed by atoms with Gasteiger partial charge in [-0.2, -0.15) is 0 Å². The average Bonchev–Trinajstić information content (AvgIpc) is 2.99. The summed E-state index contributed by atoms with van der Waals surface area (Å²) in [5, 5.41) is 1.04. The lowest BCUT2D eigenvalue weighted by Gasteiger charge is -2.36. The van der Waals surface area contributed by atoms with Crippen LogP contribution in [0.2, 0.25) is 0 Å². The van der Waals surface area contributed by atoms with Gasteiger partial charge in [0, 0.05) is 56.0 Å². The number of nitrogens with zero attached hydrogens (tertiary/aromatic N) is 3. The van der Waals surface area contributed by atoms with Crippen LogP contribution >= 0.6 is 0 Å². The molecule has 4 heteroatoms. The van der Waals surface area contributed by atoms with Crippen LogP contribution < -0.4 is 4.90 Å². The average molecular weight is 333 g/mol. The molecule has 4 nitrogen and oxygen atoms in total. The van der Waals surface area contributed by atoms with Gasteiger partial charge < -0.3 is 14.4 Å². The van der Waals surface area contributed by atoms with Crippen molar-refractivity contribution in [2.45, 2.75) is 6.92 Å². The van der Waals surface area contributed by atoms with Gasteiger partial charge in [-0.15, -0.1) is 0 Å². The first-order chi connectivity index (χ1) is 12.1. The Morgan fingerprint density at radius 3 is 2.36 bits per heavy atom. The van der Waals surface area contributed by atoms with E-state index in [0.29, 0.717) is 0 Å². The van der Waals surface area contributed by atoms with Gasteiger partial charge in [-0.3, -0.25) is 4.79 Å². The first-order valence-electron chi connectivity index (χ1n) is 8.79. The molecule has 3 aromatic rings. The Morgan fingerprint density at radius 2 is 1.60 bits per heavy atom. The number of rotatable bonds is 2. The number of piperazine rings is 1. The molecule has 2 heterocycles. The largest absolute Gasteiger partial charge is 0.368 e. The molecule has 2 aromatic carbocycles. The van der Waals surface area contributed by atoms with Crippen molar-refractivity contribution in [1.29, 1.82) is 0 Å². The van der Waals surface area contributed by atoms with Crippen molar-refractivity contribution in [2.24, 2.45) is 7.05 Å². The second kappa shape index (κ2) is 6.28. The highest BCUT2D eigenvalue weighted by molar-refractivity contribution is 6.07. The molecule has 1 amide bonds. The van der Waals surface area contributed by atoms with Gasteiger partial charge in [-0.25, -0.2) is 0 Å². The lowest BCUT2D eigenvalue weighted by molar-refractivity contribution is 0.0748. The van der Waals surface area contributed by atoms with Crippen LogP contribution in [0.4, 0.5) is 5.69 Å². The van der Waals surface area contributed by atoms with E-state index >= 15 is 0 Å². The monoisotopic (exact) mass is 333 g/mol. The number of fused-ring (bicyclic) bond motifs is 1. The van der Waals surface area contributed by atoms with Crippen molar-refractivity contribution in [3.63, 3.8) is 0 Å². The third kappa shape index (κ3) is 2.78. The predicted molar refractivity (Wildman–Crippen MR) is 102 cm³/mol. The molecule has 1 aliphatic heterocycles. The molecule has 1 aromatic heterocycles. The molecule has 0 aliphatic carbocycles. The third-order valence-corrected chi connectivity index (χ3v) is 5.15. The summed E-state index contributed by atoms with van der Waals surface area (Å²) in [4.78, 5) is 17.4. The molecule has 0 spiro atoms. The van der Waals surface area contributed by atoms with Crippen LogP contribution in [-0.4, -0.2) is 41.6 Å². The minimum Gasteiger partial charge on any atom is -0.368 e. The van der Waals surface area contributed by atoms with Crippen LogP contribution in [-0.2, 0) is 7.05 Å². The van der Waals surface area contributed by atoms with Gasteiger partial charge in [-0.1, -0.05) is 36.4 Å². The molecular weight excluding hydrogens is 310 g/mol. The summed E-state index contributed by atoms with van der Waals surface area (Å²) in [6, 6.07) is 16.6. The number of amides is 1. The normalized spacial score (nSPS) is 15.0. The summed E-state index contributed by atoms with van der Waals surface area (Å²) in [5.41, 5.74) is 4.47. The van der Waals surface area contributed by atoms with Crippen LogP contribution in [0.5, 0.6) is 0 Å². The van der Waals surface area contributed by atoms with Crippen molar-refractivity contribution in [2.75, 3.05) is 31.1 Å². The quantitative estimate of drug-likeness (QED) is 0.719. The maximum atomic E-state index is 13.0. The molecule has 0 saturated carbocycles. The van der Waals surface area contributed by atoms with Crippen LogP contribution in [0, 0.1) is 6.92 Å². The summed E-state index contributed by atoms with van der Waals surface area (Å²) < 4.78 is 2.03. The molecule has 0 radical (unpaired) electrons. The Hall–Kier alpha value is -2.75. The number of carbonyl (C=O) groups is 1. The Balaban J connectivity index is 1.52. The van der Waals surface area contributed by atoms with Crippen molar-refractivity contribution < 1.29 is 4.79 Å². The zero-order valence-electron chi connectivity index (χ0n) is 14.8. The van der Waals surface area contributed by atoms with Crippen LogP contribution in [0.15, 0.2) is 54.7 Å². The van der Waals surface area contributed by atoms with E-state index in [0.717, 1.165) is 42.6 Å². The molecule has 1 saturated heterocycles. The number of para-hydroxylation sites is 2. The molecule has 0 atom stereocenters. The Bertz CT molecular complexity index is 920. The number of carbonyl (C=O) groups excluding carboxylic acids is 1. The molecule has 0 bridgehead atoms. The van der Waals surface area contributed by atoms with Crippen LogP contribution in [0.1, 0.15) is 15.9 Å². The first-order valence-corrected chi connectivity index (χ1v) is 8.79. The van der Waals surface area contributed by atoms with Crippen LogP contribution in [0.3, 0.4) is 0 Å². The summed E-state index contributed by atoms with van der Waals surface area (Å²) in [6.07, 6.45) is 1.96. The zero-order valence-corrected chi connectivity index (χ0v) is 14.8. The molecule has 128 valence electrons. The van der Waals surface area contributed by atoms with E-state index in [1.807, 2.05) is 40.9 Å². The Labute approximate surface area is 148 Å². The fourth-order valence-corrected chi connectivity index (χ4v) is 3.75. The molecule has 1 aliphatic rings. The van der Waals surface area contributed by atoms with E-state index in [-0.39, 0.29) is 5.91 Å². The molecule has 25 heavy (non-hydrogen) atoms. The van der Waals surface area contributed by atoms with Crippen molar-refractivity contribution in [1.82, 2.24) is 9.47 Å². The molecular formula is C21H23N3O. The maximum absolute atomic E-state index is 13.0. The highest BCUT2D eigenvalue weighted by atomic mass is 16.2. The fourth-order valence-electron chi connectivity index (χ4n) is 3.75. The third-order valence-electron chi connectivity index (χ3n) is 5.15. The van der Waals surface area contributed by atoms with Crippen molar-refractivity contribution in [3.8, 4) is 0 Å². The lowest BCUT2D eigenvalue weighted by atomic mass is 10.1. The van der Waals surface area contributed by atoms with Gasteiger partial charge in [0.1, 0.15) is 0 Å². The molecule has 1 fully saturated rings. The molecule has 0 N–H and O–H groups in total. The van der Waals surface area contributed by atoms with E-state index in [1.54, 1.807) is 0 Å². The predicted octanol–water partition coefficient (Wildman–Crippen LogP) is 3.45. The van der Waals surface area contributed by atoms with E-state index in [4.69, 9.17) is 0 Å². The lowest BCUT2D eigenvalue weighted by Crippen LogP contribution is -2.49. The highest BCUT2D eigenvalue weighted by Gasteiger charge is 2.25. The van der Waals surface area contributed by atoms with E-state index in [1.165, 1.54) is 11.3 Å². The second-order valence-electron chi connectivity index (χ2n) is 6.74. The van der Waals surface area contributed by atoms with E-state index in [2.05, 4.69) is 42.2 Å². The fraction of sp³-hybridized carbons (Fsp3) is 0.286. The first kappa shape index (κ1) is 15.8. The van der Waals surface area contributed by atoms with E-state index in [9.17, 15) is 4.79 Å². The topological polar surface area (TPSA) is 28.5 Å². The van der Waals surface area contributed by atoms with Gasteiger partial charge in [0.15, 0.2) is 0 Å². The SMILES string of the molecule is Cc1ccccc1N1CCN(C(=O)c2cn(C)c3ccccc23)CC1. The summed E-state index contributed by atoms with van der Waals surface area (Å²) in [6.45, 7) is 5.42. The van der Waals surface area contributed by atoms with Crippen molar-refractivity contribution in [3.05, 3.63) is 65.9 Å². The Morgan fingerprint density at radius 1 is 0.920 bits per heavy atom. The Kier molecular flexibility index (Phi) is 3.96. The number of anilines is 1. The number of aryl methyl sites for hydroxylation is 2. The smallest absolute Gasteiger partial charge is 0.256 e. The number of benzene rings is 2. The number of aromatic nitrogens is 1. The minimum atomic E-state index is 0.140. The maximum Gasteiger partial charge on any atom is 0.256 e. The summed E-state index contributed by atoms with van der Waals surface area (Å²) >= 11 is 0. The number of hydrogen-bond donors (Lipinski definition) is 0. The van der Waals surface area contributed by atoms with Gasteiger partial charge >= 0.3 is 0 Å². The molecule has 0 unspecified atom stereocenters. The minimum absolute atomic E-state index is 0.140. The standard InChI is InChI=1S/C21H23N3O/c1-16-7-3-5-9-19(16)23-11-13-24(14-12-23)21(25)18-15-22(2)20-10-6-4-8-17(18)20/h3-10,15H,11-14H2,1-2H3. The number of hydrogen-bond acceptors (Lipinski definition) is 2. The van der Waals surface area contributed by atoms with Crippen molar-refractivity contribution >= 4 is 22.5 Å². The van der Waals surface area contributed by atoms with Gasteiger partial charge in [0.2, 0.25) is 0 Å². The van der Waals surface area contributed by atoms with Gasteiger partial charge in [0.25, 0.3) is 5.91 Å². The second-order valence-corrected chi connectivity index (χ2v) is 6.74. The van der Waals surface area contributed by atoms with Gasteiger partial charge in [-0.05, 0) is 24.6 Å². The van der Waals surface area contributed by atoms with Gasteiger partial charge in [0.05, 0.1) is 5.56 Å². The summed E-state index contributed by atoms with van der Waals surface area (Å²) in [5.74, 6) is 0.140. The highest BCUT2D eigenvalue weighted by Crippen LogP contribution is 2.24. The van der Waals surface area contributed by atoms with Crippen LogP contribution in [0.25, 0.3) is 10.9 Å². The van der Waals surface area contributed by atoms with E-state index < -0.39 is 0 Å². The molecule has 4 rings (SSSR count). The summed E-state index contributed by atoms with van der Waals surface area (Å²) in [7, 11) is 2.00. The zero-order chi connectivity index (χ0) is 17.4.